The molecule has 0 atom stereocenters. The Kier molecular flexibility index (Phi) is 6.94. The highest BCUT2D eigenvalue weighted by Gasteiger charge is 2.08. The fourth-order valence-corrected chi connectivity index (χ4v) is 2.75. The molecule has 0 aliphatic carbocycles. The number of carbonyl (C=O) groups is 1. The Morgan fingerprint density at radius 3 is 2.59 bits per heavy atom. The molecule has 0 aromatic heterocycles. The molecule has 7 heteroatoms. The summed E-state index contributed by atoms with van der Waals surface area (Å²) in [6.07, 6.45) is 1.59. The van der Waals surface area contributed by atoms with Crippen molar-refractivity contribution in [1.29, 1.82) is 0 Å². The van der Waals surface area contributed by atoms with Gasteiger partial charge in [0.15, 0.2) is 5.11 Å². The van der Waals surface area contributed by atoms with Crippen LogP contribution in [0, 0.1) is 6.92 Å². The molecule has 2 N–H and O–H groups in total. The summed E-state index contributed by atoms with van der Waals surface area (Å²) in [7, 11) is 0. The molecule has 0 spiro atoms. The lowest BCUT2D eigenvalue weighted by Crippen LogP contribution is -2.23. The molecular formula is C22H18ClN3O2S. The second-order valence-electron chi connectivity index (χ2n) is 6.16. The maximum absolute atomic E-state index is 12.2. The quantitative estimate of drug-likeness (QED) is 0.194. The summed E-state index contributed by atoms with van der Waals surface area (Å²) in [6.45, 7) is 2.01. The number of esters is 1. The average Bonchev–Trinajstić information content (AvgIpc) is 2.69. The van der Waals surface area contributed by atoms with Crippen molar-refractivity contribution >= 4 is 46.8 Å². The van der Waals surface area contributed by atoms with E-state index in [2.05, 4.69) is 15.8 Å². The molecule has 0 amide bonds. The van der Waals surface area contributed by atoms with Gasteiger partial charge in [-0.2, -0.15) is 5.10 Å². The molecule has 0 fully saturated rings. The second kappa shape index (κ2) is 9.82. The summed E-state index contributed by atoms with van der Waals surface area (Å²) in [5, 5.41) is 8.10. The predicted molar refractivity (Wildman–Crippen MR) is 121 cm³/mol. The summed E-state index contributed by atoms with van der Waals surface area (Å²) >= 11 is 11.1. The van der Waals surface area contributed by atoms with Gasteiger partial charge < -0.3 is 10.1 Å². The van der Waals surface area contributed by atoms with E-state index in [1.807, 2.05) is 37.3 Å². The maximum Gasteiger partial charge on any atom is 0.343 e. The van der Waals surface area contributed by atoms with E-state index in [0.29, 0.717) is 21.4 Å². The van der Waals surface area contributed by atoms with Crippen LogP contribution in [0.5, 0.6) is 5.75 Å². The first-order valence-corrected chi connectivity index (χ1v) is 9.53. The Balaban J connectivity index is 1.57. The van der Waals surface area contributed by atoms with E-state index < -0.39 is 5.97 Å². The van der Waals surface area contributed by atoms with Gasteiger partial charge in [-0.05, 0) is 78.8 Å². The Morgan fingerprint density at radius 2 is 1.83 bits per heavy atom. The van der Waals surface area contributed by atoms with Crippen LogP contribution in [0.1, 0.15) is 21.5 Å². The first-order valence-electron chi connectivity index (χ1n) is 8.74. The summed E-state index contributed by atoms with van der Waals surface area (Å²) < 4.78 is 5.40. The lowest BCUT2D eigenvalue weighted by molar-refractivity contribution is 0.0735. The van der Waals surface area contributed by atoms with E-state index in [9.17, 15) is 4.79 Å². The number of benzene rings is 3. The smallest absolute Gasteiger partial charge is 0.343 e. The third-order valence-corrected chi connectivity index (χ3v) is 4.25. The van der Waals surface area contributed by atoms with Gasteiger partial charge in [-0.15, -0.1) is 0 Å². The van der Waals surface area contributed by atoms with Crippen molar-refractivity contribution in [1.82, 2.24) is 5.43 Å². The molecular weight excluding hydrogens is 406 g/mol. The van der Waals surface area contributed by atoms with E-state index in [4.69, 9.17) is 28.6 Å². The third kappa shape index (κ3) is 6.41. The topological polar surface area (TPSA) is 62.7 Å². The zero-order valence-electron chi connectivity index (χ0n) is 15.6. The predicted octanol–water partition coefficient (Wildman–Crippen LogP) is 5.19. The number of hydrogen-bond acceptors (Lipinski definition) is 4. The van der Waals surface area contributed by atoms with Crippen LogP contribution in [0.2, 0.25) is 5.02 Å². The van der Waals surface area contributed by atoms with Gasteiger partial charge in [-0.1, -0.05) is 35.9 Å². The molecule has 0 bridgehead atoms. The number of thiocarbonyl (C=S) groups is 1. The fourth-order valence-electron chi connectivity index (χ4n) is 2.46. The molecule has 0 aliphatic rings. The summed E-state index contributed by atoms with van der Waals surface area (Å²) in [5.41, 5.74) is 5.94. The minimum absolute atomic E-state index is 0.372. The molecule has 0 saturated carbocycles. The van der Waals surface area contributed by atoms with Crippen LogP contribution in [-0.4, -0.2) is 17.3 Å². The number of hydrogen-bond donors (Lipinski definition) is 2. The van der Waals surface area contributed by atoms with Gasteiger partial charge in [0.05, 0.1) is 11.8 Å². The van der Waals surface area contributed by atoms with Crippen LogP contribution in [0.3, 0.4) is 0 Å². The number of ether oxygens (including phenoxy) is 1. The molecule has 0 unspecified atom stereocenters. The van der Waals surface area contributed by atoms with Crippen LogP contribution >= 0.6 is 23.8 Å². The van der Waals surface area contributed by atoms with Gasteiger partial charge in [0, 0.05) is 10.7 Å². The maximum atomic E-state index is 12.2. The lowest BCUT2D eigenvalue weighted by atomic mass is 10.2. The molecule has 29 heavy (non-hydrogen) atoms. The number of halogens is 1. The molecule has 3 rings (SSSR count). The largest absolute Gasteiger partial charge is 0.423 e. The Bertz CT molecular complexity index is 1050. The molecule has 0 radical (unpaired) electrons. The van der Waals surface area contributed by atoms with Gasteiger partial charge in [0.1, 0.15) is 5.75 Å². The second-order valence-corrected chi connectivity index (χ2v) is 7.01. The van der Waals surface area contributed by atoms with Crippen molar-refractivity contribution in [3.63, 3.8) is 0 Å². The number of anilines is 1. The Morgan fingerprint density at radius 1 is 1.07 bits per heavy atom. The van der Waals surface area contributed by atoms with Gasteiger partial charge in [0.2, 0.25) is 0 Å². The molecule has 3 aromatic carbocycles. The highest BCUT2D eigenvalue weighted by atomic mass is 35.5. The zero-order chi connectivity index (χ0) is 20.6. The molecule has 5 nitrogen and oxygen atoms in total. The number of aryl methyl sites for hydroxylation is 1. The van der Waals surface area contributed by atoms with Gasteiger partial charge >= 0.3 is 5.97 Å². The van der Waals surface area contributed by atoms with E-state index >= 15 is 0 Å². The van der Waals surface area contributed by atoms with Crippen LogP contribution in [0.25, 0.3) is 0 Å². The van der Waals surface area contributed by atoms with Crippen molar-refractivity contribution in [3.8, 4) is 5.75 Å². The first kappa shape index (κ1) is 20.5. The summed E-state index contributed by atoms with van der Waals surface area (Å²) in [4.78, 5) is 12.2. The normalized spacial score (nSPS) is 10.6. The van der Waals surface area contributed by atoms with E-state index in [1.165, 1.54) is 0 Å². The number of hydrazone groups is 1. The summed E-state index contributed by atoms with van der Waals surface area (Å²) in [5.74, 6) is -0.0493. The number of rotatable bonds is 5. The van der Waals surface area contributed by atoms with Crippen LogP contribution in [-0.2, 0) is 0 Å². The van der Waals surface area contributed by atoms with E-state index in [-0.39, 0.29) is 0 Å². The highest BCUT2D eigenvalue weighted by Crippen LogP contribution is 2.16. The summed E-state index contributed by atoms with van der Waals surface area (Å²) in [6, 6.07) is 21.4. The molecule has 0 aliphatic heterocycles. The first-order chi connectivity index (χ1) is 14.0. The van der Waals surface area contributed by atoms with Crippen molar-refractivity contribution in [2.24, 2.45) is 5.10 Å². The number of nitrogens with one attached hydrogen (secondary N) is 2. The van der Waals surface area contributed by atoms with Crippen LogP contribution in [0.4, 0.5) is 5.69 Å². The number of nitrogens with zero attached hydrogens (tertiary/aromatic N) is 1. The van der Waals surface area contributed by atoms with E-state index in [0.717, 1.165) is 16.8 Å². The number of carbonyl (C=O) groups excluding carboxylic acids is 1. The minimum atomic E-state index is -0.461. The molecule has 146 valence electrons. The minimum Gasteiger partial charge on any atom is -0.423 e. The van der Waals surface area contributed by atoms with Gasteiger partial charge in [-0.25, -0.2) is 4.79 Å². The van der Waals surface area contributed by atoms with Gasteiger partial charge in [-0.3, -0.25) is 5.43 Å². The lowest BCUT2D eigenvalue weighted by Gasteiger charge is -2.07. The van der Waals surface area contributed by atoms with E-state index in [1.54, 1.807) is 48.7 Å². The Hall–Kier alpha value is -3.22. The highest BCUT2D eigenvalue weighted by molar-refractivity contribution is 7.80. The van der Waals surface area contributed by atoms with Crippen molar-refractivity contribution < 1.29 is 9.53 Å². The fraction of sp³-hybridized carbons (Fsp3) is 0.0455. The van der Waals surface area contributed by atoms with Gasteiger partial charge in [0.25, 0.3) is 0 Å². The zero-order valence-corrected chi connectivity index (χ0v) is 17.1. The SMILES string of the molecule is Cc1cccc(NC(=S)NN=Cc2cccc(OC(=O)c3ccc(Cl)cc3)c2)c1. The molecule has 0 saturated heterocycles. The monoisotopic (exact) mass is 423 g/mol. The molecule has 3 aromatic rings. The molecule has 0 heterocycles. The standard InChI is InChI=1S/C22H18ClN3O2S/c1-15-4-2-6-19(12-15)25-22(29)26-24-14-16-5-3-7-20(13-16)28-21(27)17-8-10-18(23)11-9-17/h2-14H,1H3,(H2,25,26,29). The van der Waals surface area contributed by atoms with Crippen molar-refractivity contribution in [2.45, 2.75) is 6.92 Å². The average molecular weight is 424 g/mol. The van der Waals surface area contributed by atoms with Crippen LogP contribution in [0.15, 0.2) is 77.9 Å². The Labute approximate surface area is 179 Å². The third-order valence-electron chi connectivity index (χ3n) is 3.80. The van der Waals surface area contributed by atoms with Crippen molar-refractivity contribution in [2.75, 3.05) is 5.32 Å². The van der Waals surface area contributed by atoms with Crippen LogP contribution < -0.4 is 15.5 Å². The van der Waals surface area contributed by atoms with Crippen molar-refractivity contribution in [3.05, 3.63) is 94.5 Å².